The Morgan fingerprint density at radius 3 is 2.00 bits per heavy atom. The normalized spacial score (nSPS) is 13.9. The zero-order chi connectivity index (χ0) is 21.0. The second kappa shape index (κ2) is 8.65. The van der Waals surface area contributed by atoms with Crippen LogP contribution in [0.4, 0.5) is 10.5 Å². The van der Waals surface area contributed by atoms with Crippen LogP contribution in [0.5, 0.6) is 0 Å². The van der Waals surface area contributed by atoms with Crippen LogP contribution in [0, 0.1) is 13.8 Å². The lowest BCUT2D eigenvalue weighted by Gasteiger charge is -2.27. The molecule has 2 aromatic carbocycles. The highest BCUT2D eigenvalue weighted by Crippen LogP contribution is 2.20. The number of anilines is 1. The number of urea groups is 1. The van der Waals surface area contributed by atoms with Gasteiger partial charge in [-0.1, -0.05) is 35.4 Å². The summed E-state index contributed by atoms with van der Waals surface area (Å²) in [6.07, 6.45) is 1.64. The molecule has 0 bridgehead atoms. The molecule has 154 valence electrons. The molecule has 8 heteroatoms. The molecule has 2 aromatic rings. The summed E-state index contributed by atoms with van der Waals surface area (Å²) in [5.74, 6) is -0.572. The van der Waals surface area contributed by atoms with Crippen molar-refractivity contribution in [3.05, 3.63) is 59.7 Å². The summed E-state index contributed by atoms with van der Waals surface area (Å²) in [5.41, 5.74) is 2.48. The van der Waals surface area contributed by atoms with Gasteiger partial charge in [0, 0.05) is 18.8 Å². The van der Waals surface area contributed by atoms with Crippen molar-refractivity contribution in [2.24, 2.45) is 0 Å². The molecule has 0 aromatic heterocycles. The van der Waals surface area contributed by atoms with Gasteiger partial charge in [-0.3, -0.25) is 4.79 Å². The van der Waals surface area contributed by atoms with Gasteiger partial charge in [-0.2, -0.15) is 0 Å². The summed E-state index contributed by atoms with van der Waals surface area (Å²) >= 11 is 0. The average molecular weight is 416 g/mol. The molecular weight excluding hydrogens is 390 g/mol. The minimum atomic E-state index is -4.17. The molecule has 3 rings (SSSR count). The molecule has 1 fully saturated rings. The van der Waals surface area contributed by atoms with Gasteiger partial charge in [0.25, 0.3) is 10.0 Å². The van der Waals surface area contributed by atoms with E-state index in [1.54, 1.807) is 24.3 Å². The highest BCUT2D eigenvalue weighted by atomic mass is 32.2. The third-order valence-corrected chi connectivity index (χ3v) is 6.55. The Morgan fingerprint density at radius 2 is 1.45 bits per heavy atom. The van der Waals surface area contributed by atoms with Crippen LogP contribution in [0.25, 0.3) is 0 Å². The Balaban J connectivity index is 1.86. The van der Waals surface area contributed by atoms with E-state index in [9.17, 15) is 18.0 Å². The second-order valence-electron chi connectivity index (χ2n) is 7.22. The third kappa shape index (κ3) is 4.95. The van der Waals surface area contributed by atoms with Crippen molar-refractivity contribution in [3.63, 3.8) is 0 Å². The molecule has 1 aliphatic rings. The van der Waals surface area contributed by atoms with Gasteiger partial charge in [0.05, 0.1) is 4.90 Å². The van der Waals surface area contributed by atoms with Crippen molar-refractivity contribution < 1.29 is 18.0 Å². The fourth-order valence-electron chi connectivity index (χ4n) is 3.13. The summed E-state index contributed by atoms with van der Waals surface area (Å²) in [4.78, 5) is 27.0. The lowest BCUT2D eigenvalue weighted by atomic mass is 10.2. The number of hydrogen-bond donors (Lipinski definition) is 1. The number of sulfonamides is 1. The Morgan fingerprint density at radius 1 is 0.931 bits per heavy atom. The number of hydrogen-bond acceptors (Lipinski definition) is 4. The summed E-state index contributed by atoms with van der Waals surface area (Å²) in [6.45, 7) is 4.16. The third-order valence-electron chi connectivity index (χ3n) is 4.82. The molecule has 1 N–H and O–H groups in total. The van der Waals surface area contributed by atoms with E-state index in [-0.39, 0.29) is 4.90 Å². The molecule has 0 radical (unpaired) electrons. The molecule has 3 amide bonds. The largest absolute Gasteiger partial charge is 0.334 e. The van der Waals surface area contributed by atoms with Crippen molar-refractivity contribution in [2.45, 2.75) is 31.6 Å². The zero-order valence-corrected chi connectivity index (χ0v) is 17.4. The SMILES string of the molecule is Cc1ccc(NC(=O)CN(C(=O)N2CCCC2)S(=O)(=O)c2ccc(C)cc2)cc1. The van der Waals surface area contributed by atoms with Gasteiger partial charge < -0.3 is 10.2 Å². The van der Waals surface area contributed by atoms with Crippen LogP contribution >= 0.6 is 0 Å². The predicted octanol–water partition coefficient (Wildman–Crippen LogP) is 3.15. The van der Waals surface area contributed by atoms with Gasteiger partial charge in [0.2, 0.25) is 5.91 Å². The first-order valence-corrected chi connectivity index (χ1v) is 11.0. The quantitative estimate of drug-likeness (QED) is 0.813. The summed E-state index contributed by atoms with van der Waals surface area (Å²) in [6, 6.07) is 12.7. The van der Waals surface area contributed by atoms with E-state index in [4.69, 9.17) is 0 Å². The van der Waals surface area contributed by atoms with Gasteiger partial charge in [0.15, 0.2) is 0 Å². The molecule has 0 atom stereocenters. The van der Waals surface area contributed by atoms with E-state index in [1.165, 1.54) is 17.0 Å². The molecule has 0 unspecified atom stereocenters. The number of rotatable bonds is 5. The maximum Gasteiger partial charge on any atom is 0.334 e. The van der Waals surface area contributed by atoms with E-state index in [0.717, 1.165) is 24.0 Å². The van der Waals surface area contributed by atoms with Crippen LogP contribution in [-0.2, 0) is 14.8 Å². The Kier molecular flexibility index (Phi) is 6.22. The molecule has 0 aliphatic carbocycles. The molecule has 0 spiro atoms. The first kappa shape index (κ1) is 20.9. The van der Waals surface area contributed by atoms with Gasteiger partial charge in [0.1, 0.15) is 6.54 Å². The second-order valence-corrected chi connectivity index (χ2v) is 9.08. The highest BCUT2D eigenvalue weighted by Gasteiger charge is 2.35. The number of nitrogens with one attached hydrogen (secondary N) is 1. The maximum atomic E-state index is 13.2. The average Bonchev–Trinajstić information content (AvgIpc) is 3.22. The van der Waals surface area contributed by atoms with Gasteiger partial charge in [-0.15, -0.1) is 0 Å². The lowest BCUT2D eigenvalue weighted by molar-refractivity contribution is -0.116. The van der Waals surface area contributed by atoms with E-state index in [0.29, 0.717) is 23.1 Å². The van der Waals surface area contributed by atoms with E-state index >= 15 is 0 Å². The number of likely N-dealkylation sites (tertiary alicyclic amines) is 1. The van der Waals surface area contributed by atoms with Crippen LogP contribution in [0.3, 0.4) is 0 Å². The number of aryl methyl sites for hydroxylation is 2. The van der Waals surface area contributed by atoms with Crippen molar-refractivity contribution in [2.75, 3.05) is 25.0 Å². The molecule has 1 saturated heterocycles. The van der Waals surface area contributed by atoms with Gasteiger partial charge >= 0.3 is 6.03 Å². The van der Waals surface area contributed by atoms with Crippen LogP contribution in [0.15, 0.2) is 53.4 Å². The predicted molar refractivity (Wildman–Crippen MR) is 111 cm³/mol. The highest BCUT2D eigenvalue weighted by molar-refractivity contribution is 7.89. The van der Waals surface area contributed by atoms with Crippen LogP contribution < -0.4 is 5.32 Å². The van der Waals surface area contributed by atoms with Crippen LogP contribution in [0.2, 0.25) is 0 Å². The van der Waals surface area contributed by atoms with Gasteiger partial charge in [-0.25, -0.2) is 17.5 Å². The number of benzene rings is 2. The van der Waals surface area contributed by atoms with Crippen molar-refractivity contribution in [3.8, 4) is 0 Å². The van der Waals surface area contributed by atoms with Crippen LogP contribution in [0.1, 0.15) is 24.0 Å². The molecule has 7 nitrogen and oxygen atoms in total. The van der Waals surface area contributed by atoms with Crippen LogP contribution in [-0.4, -0.2) is 49.2 Å². The molecule has 29 heavy (non-hydrogen) atoms. The van der Waals surface area contributed by atoms with E-state index < -0.39 is 28.5 Å². The minimum absolute atomic E-state index is 0.0150. The fraction of sp³-hybridized carbons (Fsp3) is 0.333. The smallest absolute Gasteiger partial charge is 0.325 e. The molecule has 1 aliphatic heterocycles. The summed E-state index contributed by atoms with van der Waals surface area (Å²) in [5, 5.41) is 2.66. The van der Waals surface area contributed by atoms with Crippen molar-refractivity contribution in [1.29, 1.82) is 0 Å². The monoisotopic (exact) mass is 415 g/mol. The van der Waals surface area contributed by atoms with Crippen molar-refractivity contribution >= 4 is 27.6 Å². The summed E-state index contributed by atoms with van der Waals surface area (Å²) < 4.78 is 27.0. The zero-order valence-electron chi connectivity index (χ0n) is 16.6. The van der Waals surface area contributed by atoms with Crippen molar-refractivity contribution in [1.82, 2.24) is 9.21 Å². The van der Waals surface area contributed by atoms with E-state index in [1.807, 2.05) is 26.0 Å². The topological polar surface area (TPSA) is 86.8 Å². The molecule has 1 heterocycles. The van der Waals surface area contributed by atoms with Gasteiger partial charge in [-0.05, 0) is 51.0 Å². The first-order chi connectivity index (χ1) is 13.8. The Labute approximate surface area is 171 Å². The summed E-state index contributed by atoms with van der Waals surface area (Å²) in [7, 11) is -4.17. The molecule has 0 saturated carbocycles. The number of carbonyl (C=O) groups excluding carboxylic acids is 2. The first-order valence-electron chi connectivity index (χ1n) is 9.52. The number of nitrogens with zero attached hydrogens (tertiary/aromatic N) is 2. The Hall–Kier alpha value is -2.87. The Bertz CT molecular complexity index is 980. The maximum absolute atomic E-state index is 13.2. The molecular formula is C21H25N3O4S. The lowest BCUT2D eigenvalue weighted by Crippen LogP contribution is -2.48. The number of carbonyl (C=O) groups is 2. The number of amides is 3. The van der Waals surface area contributed by atoms with E-state index in [2.05, 4.69) is 5.32 Å². The fourth-order valence-corrected chi connectivity index (χ4v) is 4.47. The standard InChI is InChI=1S/C21H25N3O4S/c1-16-5-9-18(10-6-16)22-20(25)15-24(21(26)23-13-3-4-14-23)29(27,28)19-11-7-17(2)8-12-19/h5-12H,3-4,13-15H2,1-2H3,(H,22,25). The minimum Gasteiger partial charge on any atom is -0.325 e.